The number of benzene rings is 1. The molecule has 0 saturated carbocycles. The summed E-state index contributed by atoms with van der Waals surface area (Å²) in [5.74, 6) is 1.65. The van der Waals surface area contributed by atoms with Gasteiger partial charge in [-0.2, -0.15) is 4.98 Å². The number of hydrogen-bond donors (Lipinski definition) is 1. The van der Waals surface area contributed by atoms with Crippen molar-refractivity contribution in [3.05, 3.63) is 46.5 Å². The third-order valence-corrected chi connectivity index (χ3v) is 5.53. The van der Waals surface area contributed by atoms with E-state index in [1.165, 1.54) is 10.6 Å². The molecule has 0 spiro atoms. The molecule has 8 heteroatoms. The van der Waals surface area contributed by atoms with Crippen molar-refractivity contribution in [2.24, 2.45) is 0 Å². The van der Waals surface area contributed by atoms with E-state index in [9.17, 15) is 0 Å². The summed E-state index contributed by atoms with van der Waals surface area (Å²) in [4.78, 5) is 12.9. The molecule has 0 radical (unpaired) electrons. The van der Waals surface area contributed by atoms with Crippen LogP contribution < -0.4 is 14.5 Å². The largest absolute Gasteiger partial charge is 0.492 e. The van der Waals surface area contributed by atoms with Gasteiger partial charge < -0.3 is 14.5 Å². The number of rotatable bonds is 5. The minimum atomic E-state index is 0.595. The van der Waals surface area contributed by atoms with Gasteiger partial charge in [0, 0.05) is 11.4 Å². The Morgan fingerprint density at radius 2 is 1.89 bits per heavy atom. The number of hydrogen-bond acceptors (Lipinski definition) is 5. The van der Waals surface area contributed by atoms with Crippen molar-refractivity contribution in [1.29, 1.82) is 0 Å². The monoisotopic (exact) mass is 399 g/mol. The van der Waals surface area contributed by atoms with E-state index in [0.29, 0.717) is 17.2 Å². The van der Waals surface area contributed by atoms with Crippen LogP contribution in [0.15, 0.2) is 30.3 Å². The maximum absolute atomic E-state index is 5.80. The molecule has 1 aliphatic rings. The van der Waals surface area contributed by atoms with Crippen LogP contribution in [0.5, 0.6) is 5.75 Å². The van der Waals surface area contributed by atoms with E-state index in [0.717, 1.165) is 50.0 Å². The third kappa shape index (κ3) is 3.62. The minimum absolute atomic E-state index is 0.595. The molecule has 3 heterocycles. The van der Waals surface area contributed by atoms with Crippen molar-refractivity contribution in [2.75, 3.05) is 37.7 Å². The number of nitrogens with one attached hydrogen (secondary N) is 1. The van der Waals surface area contributed by atoms with Crippen LogP contribution in [0.2, 0.25) is 0 Å². The molecule has 3 aromatic rings. The van der Waals surface area contributed by atoms with Gasteiger partial charge in [0.25, 0.3) is 5.78 Å². The zero-order chi connectivity index (χ0) is 19.7. The molecule has 28 heavy (non-hydrogen) atoms. The van der Waals surface area contributed by atoms with Gasteiger partial charge in [0.1, 0.15) is 5.75 Å². The van der Waals surface area contributed by atoms with Gasteiger partial charge in [-0.25, -0.2) is 14.2 Å². The Labute approximate surface area is 170 Å². The number of para-hydroxylation sites is 2. The summed E-state index contributed by atoms with van der Waals surface area (Å²) in [6.45, 7) is 11.6. The Morgan fingerprint density at radius 1 is 1.14 bits per heavy atom. The van der Waals surface area contributed by atoms with Crippen LogP contribution in [0.1, 0.15) is 18.3 Å². The predicted molar refractivity (Wildman–Crippen MR) is 112 cm³/mol. The highest BCUT2D eigenvalue weighted by molar-refractivity contribution is 7.71. The quantitative estimate of drug-likeness (QED) is 0.661. The summed E-state index contributed by atoms with van der Waals surface area (Å²) in [6, 6.07) is 10.4. The van der Waals surface area contributed by atoms with Crippen LogP contribution in [-0.2, 0) is 6.67 Å². The average molecular weight is 400 g/mol. The van der Waals surface area contributed by atoms with E-state index < -0.39 is 0 Å². The van der Waals surface area contributed by atoms with E-state index in [-0.39, 0.29) is 0 Å². The molecule has 1 fully saturated rings. The van der Waals surface area contributed by atoms with Gasteiger partial charge in [-0.3, -0.25) is 0 Å². The highest BCUT2D eigenvalue weighted by atomic mass is 32.1. The standard InChI is InChI=1S/C20H26N6OS/c1-4-27-18-8-6-5-7-17(18)24-11-9-23(10-12-24)14-25-20(28)22-19-21-15(2)13-16(3)26(19)25/h5-8,13H,4,9-12,14H2,1-3H3/p+1. The van der Waals surface area contributed by atoms with E-state index in [2.05, 4.69) is 44.7 Å². The lowest BCUT2D eigenvalue weighted by molar-refractivity contribution is -0.924. The Morgan fingerprint density at radius 3 is 2.64 bits per heavy atom. The van der Waals surface area contributed by atoms with E-state index in [1.807, 2.05) is 30.5 Å². The maximum atomic E-state index is 5.80. The second-order valence-corrected chi connectivity index (χ2v) is 7.61. The normalized spacial score (nSPS) is 15.3. The summed E-state index contributed by atoms with van der Waals surface area (Å²) in [7, 11) is 0. The molecule has 0 bridgehead atoms. The number of quaternary nitrogens is 1. The van der Waals surface area contributed by atoms with Gasteiger partial charge in [-0.05, 0) is 51.2 Å². The van der Waals surface area contributed by atoms with Gasteiger partial charge in [0.15, 0.2) is 6.67 Å². The predicted octanol–water partition coefficient (Wildman–Crippen LogP) is 1.64. The molecular weight excluding hydrogens is 372 g/mol. The van der Waals surface area contributed by atoms with Crippen molar-refractivity contribution in [1.82, 2.24) is 19.2 Å². The lowest BCUT2D eigenvalue weighted by Gasteiger charge is -2.34. The number of fused-ring (bicyclic) bond motifs is 1. The number of ether oxygens (including phenoxy) is 1. The second-order valence-electron chi connectivity index (χ2n) is 7.24. The number of nitrogens with zero attached hydrogens (tertiary/aromatic N) is 5. The number of piperazine rings is 1. The number of anilines is 1. The Hall–Kier alpha value is -2.45. The molecule has 1 aliphatic heterocycles. The smallest absolute Gasteiger partial charge is 0.252 e. The van der Waals surface area contributed by atoms with Crippen molar-refractivity contribution < 1.29 is 9.64 Å². The summed E-state index contributed by atoms with van der Waals surface area (Å²) >= 11 is 5.52. The van der Waals surface area contributed by atoms with Crippen LogP contribution >= 0.6 is 12.2 Å². The SMILES string of the molecule is CCOc1ccccc1N1CC[NH+](Cn2c(=S)nc3nc(C)cc(C)n32)CC1. The summed E-state index contributed by atoms with van der Waals surface area (Å²) in [5, 5.41) is 0. The summed E-state index contributed by atoms with van der Waals surface area (Å²) in [6.07, 6.45) is 0. The Kier molecular flexibility index (Phi) is 5.32. The Bertz CT molecular complexity index is 1030. The Balaban J connectivity index is 1.49. The van der Waals surface area contributed by atoms with Crippen molar-refractivity contribution >= 4 is 23.7 Å². The highest BCUT2D eigenvalue weighted by Gasteiger charge is 2.23. The second kappa shape index (κ2) is 7.89. The van der Waals surface area contributed by atoms with Gasteiger partial charge >= 0.3 is 0 Å². The minimum Gasteiger partial charge on any atom is -0.492 e. The van der Waals surface area contributed by atoms with Gasteiger partial charge in [0.05, 0.1) is 38.5 Å². The van der Waals surface area contributed by atoms with E-state index >= 15 is 0 Å². The molecule has 0 atom stereocenters. The van der Waals surface area contributed by atoms with Gasteiger partial charge in [-0.15, -0.1) is 0 Å². The van der Waals surface area contributed by atoms with Crippen LogP contribution in [0.25, 0.3) is 5.78 Å². The molecule has 2 aromatic heterocycles. The molecule has 0 aliphatic carbocycles. The lowest BCUT2D eigenvalue weighted by Crippen LogP contribution is -3.14. The van der Waals surface area contributed by atoms with Gasteiger partial charge in [0.2, 0.25) is 4.77 Å². The van der Waals surface area contributed by atoms with Crippen LogP contribution in [0, 0.1) is 18.6 Å². The van der Waals surface area contributed by atoms with E-state index in [4.69, 9.17) is 17.0 Å². The first kappa shape index (κ1) is 18.9. The first-order chi connectivity index (χ1) is 13.6. The van der Waals surface area contributed by atoms with Crippen molar-refractivity contribution in [3.63, 3.8) is 0 Å². The topological polar surface area (TPSA) is 52.0 Å². The maximum Gasteiger partial charge on any atom is 0.252 e. The fourth-order valence-corrected chi connectivity index (χ4v) is 4.15. The zero-order valence-electron chi connectivity index (χ0n) is 16.7. The molecule has 7 nitrogen and oxygen atoms in total. The van der Waals surface area contributed by atoms with Crippen LogP contribution in [0.4, 0.5) is 5.69 Å². The van der Waals surface area contributed by atoms with Crippen LogP contribution in [-0.4, -0.2) is 52.0 Å². The van der Waals surface area contributed by atoms with Crippen molar-refractivity contribution in [2.45, 2.75) is 27.4 Å². The summed E-state index contributed by atoms with van der Waals surface area (Å²) < 4.78 is 10.5. The van der Waals surface area contributed by atoms with Crippen LogP contribution in [0.3, 0.4) is 0 Å². The molecule has 1 saturated heterocycles. The molecule has 1 N–H and O–H groups in total. The molecule has 0 amide bonds. The van der Waals surface area contributed by atoms with E-state index in [1.54, 1.807) is 0 Å². The number of aryl methyl sites for hydroxylation is 2. The van der Waals surface area contributed by atoms with Gasteiger partial charge in [-0.1, -0.05) is 12.1 Å². The molecule has 148 valence electrons. The summed E-state index contributed by atoms with van der Waals surface area (Å²) in [5.41, 5.74) is 3.26. The molecule has 4 rings (SSSR count). The highest BCUT2D eigenvalue weighted by Crippen LogP contribution is 2.27. The average Bonchev–Trinajstić information content (AvgIpc) is 2.98. The lowest BCUT2D eigenvalue weighted by atomic mass is 10.2. The first-order valence-electron chi connectivity index (χ1n) is 9.81. The fourth-order valence-electron chi connectivity index (χ4n) is 3.93. The number of aromatic nitrogens is 4. The fraction of sp³-hybridized carbons (Fsp3) is 0.450. The molecule has 0 unspecified atom stereocenters. The molecular formula is C20H27N6OS+. The molecule has 1 aromatic carbocycles. The zero-order valence-corrected chi connectivity index (χ0v) is 17.5. The first-order valence-corrected chi connectivity index (χ1v) is 10.2. The van der Waals surface area contributed by atoms with Crippen molar-refractivity contribution in [3.8, 4) is 5.75 Å². The third-order valence-electron chi connectivity index (χ3n) is 5.23.